The molecular weight excluding hydrogens is 387 g/mol. The first kappa shape index (κ1) is 18.2. The Balaban J connectivity index is 1.91. The van der Waals surface area contributed by atoms with Crippen molar-refractivity contribution >= 4 is 38.5 Å². The molecule has 2 heterocycles. The number of anilines is 1. The Hall–Kier alpha value is -2.59. The van der Waals surface area contributed by atoms with Gasteiger partial charge >= 0.3 is 0 Å². The number of halogens is 2. The summed E-state index contributed by atoms with van der Waals surface area (Å²) in [4.78, 5) is 10.7. The van der Waals surface area contributed by atoms with Gasteiger partial charge in [0.2, 0.25) is 5.95 Å². The van der Waals surface area contributed by atoms with Gasteiger partial charge in [0.15, 0.2) is 5.75 Å². The van der Waals surface area contributed by atoms with Gasteiger partial charge in [-0.1, -0.05) is 11.6 Å². The van der Waals surface area contributed by atoms with Gasteiger partial charge in [-0.3, -0.25) is 0 Å². The molecule has 0 aliphatic rings. The Kier molecular flexibility index (Phi) is 5.14. The van der Waals surface area contributed by atoms with Gasteiger partial charge in [0.05, 0.1) is 13.3 Å². The second-order valence-electron chi connectivity index (χ2n) is 5.05. The lowest BCUT2D eigenvalue weighted by atomic mass is 10.2. The molecular formula is C15H14ClFN4O4S. The number of fused-ring (bicyclic) bond motifs is 1. The van der Waals surface area contributed by atoms with Crippen LogP contribution < -0.4 is 14.2 Å². The number of aromatic nitrogens is 3. The number of benzene rings is 1. The standard InChI is InChI=1S/C15H14ClFN4O4S/c1-24-14-12(25-5-4-17)7-19-15(20-14)21-26(22,23)13-8-18-11-6-9(16)2-3-10(11)13/h2-3,6-8,18H,4-5H2,1H3,(H,19,20,21). The summed E-state index contributed by atoms with van der Waals surface area (Å²) in [6.07, 6.45) is 2.55. The minimum Gasteiger partial charge on any atom is -0.484 e. The number of hydrogen-bond acceptors (Lipinski definition) is 6. The molecule has 0 radical (unpaired) electrons. The van der Waals surface area contributed by atoms with Crippen molar-refractivity contribution in [2.24, 2.45) is 0 Å². The van der Waals surface area contributed by atoms with Gasteiger partial charge in [-0.15, -0.1) is 0 Å². The highest BCUT2D eigenvalue weighted by molar-refractivity contribution is 7.93. The highest BCUT2D eigenvalue weighted by atomic mass is 35.5. The summed E-state index contributed by atoms with van der Waals surface area (Å²) in [5, 5.41) is 0.949. The number of alkyl halides is 1. The van der Waals surface area contributed by atoms with Crippen molar-refractivity contribution in [1.29, 1.82) is 0 Å². The highest BCUT2D eigenvalue weighted by Gasteiger charge is 2.21. The molecule has 0 amide bonds. The van der Waals surface area contributed by atoms with E-state index in [0.717, 1.165) is 0 Å². The van der Waals surface area contributed by atoms with E-state index in [1.165, 1.54) is 19.5 Å². The quantitative estimate of drug-likeness (QED) is 0.631. The smallest absolute Gasteiger partial charge is 0.266 e. The van der Waals surface area contributed by atoms with E-state index in [1.807, 2.05) is 0 Å². The molecule has 0 saturated heterocycles. The van der Waals surface area contributed by atoms with Crippen LogP contribution in [-0.2, 0) is 10.0 Å². The van der Waals surface area contributed by atoms with Gasteiger partial charge in [-0.2, -0.15) is 4.98 Å². The summed E-state index contributed by atoms with van der Waals surface area (Å²) in [6, 6.07) is 4.80. The van der Waals surface area contributed by atoms with E-state index < -0.39 is 16.7 Å². The maximum atomic E-state index is 12.7. The third-order valence-corrected chi connectivity index (χ3v) is 4.97. The van der Waals surface area contributed by atoms with Crippen LogP contribution in [0.1, 0.15) is 0 Å². The molecule has 0 aliphatic carbocycles. The number of rotatable bonds is 7. The van der Waals surface area contributed by atoms with Gasteiger partial charge in [0, 0.05) is 22.1 Å². The minimum absolute atomic E-state index is 0.0168. The lowest BCUT2D eigenvalue weighted by molar-refractivity contribution is 0.256. The normalized spacial score (nSPS) is 11.5. The molecule has 0 fully saturated rings. The first-order chi connectivity index (χ1) is 12.4. The van der Waals surface area contributed by atoms with Crippen LogP contribution in [0.5, 0.6) is 11.6 Å². The summed E-state index contributed by atoms with van der Waals surface area (Å²) in [5.41, 5.74) is 0.575. The van der Waals surface area contributed by atoms with E-state index in [1.54, 1.807) is 18.2 Å². The summed E-state index contributed by atoms with van der Waals surface area (Å²) >= 11 is 5.90. The molecule has 0 saturated carbocycles. The largest absolute Gasteiger partial charge is 0.484 e. The van der Waals surface area contributed by atoms with Gasteiger partial charge in [-0.05, 0) is 18.2 Å². The van der Waals surface area contributed by atoms with Crippen molar-refractivity contribution in [3.63, 3.8) is 0 Å². The molecule has 26 heavy (non-hydrogen) atoms. The SMILES string of the molecule is COc1nc(NS(=O)(=O)c2c[nH]c3cc(Cl)ccc23)ncc1OCCF. The zero-order chi connectivity index (χ0) is 18.7. The number of aromatic amines is 1. The topological polar surface area (TPSA) is 106 Å². The number of nitrogens with one attached hydrogen (secondary N) is 2. The van der Waals surface area contributed by atoms with Crippen LogP contribution in [0.3, 0.4) is 0 Å². The molecule has 2 N–H and O–H groups in total. The number of sulfonamides is 1. The second kappa shape index (κ2) is 7.34. The van der Waals surface area contributed by atoms with Crippen LogP contribution in [0.2, 0.25) is 5.02 Å². The van der Waals surface area contributed by atoms with Gasteiger partial charge in [0.1, 0.15) is 18.2 Å². The van der Waals surface area contributed by atoms with Crippen LogP contribution in [0, 0.1) is 0 Å². The fourth-order valence-electron chi connectivity index (χ4n) is 2.27. The summed E-state index contributed by atoms with van der Waals surface area (Å²) in [7, 11) is -2.64. The molecule has 0 atom stereocenters. The predicted octanol–water partition coefficient (Wildman–Crippen LogP) is 2.77. The van der Waals surface area contributed by atoms with Crippen molar-refractivity contribution in [3.8, 4) is 11.6 Å². The van der Waals surface area contributed by atoms with Crippen molar-refractivity contribution in [3.05, 3.63) is 35.6 Å². The third-order valence-electron chi connectivity index (χ3n) is 3.37. The second-order valence-corrected chi connectivity index (χ2v) is 7.14. The van der Waals surface area contributed by atoms with E-state index in [4.69, 9.17) is 21.1 Å². The van der Waals surface area contributed by atoms with Gasteiger partial charge < -0.3 is 14.5 Å². The van der Waals surface area contributed by atoms with Crippen LogP contribution in [-0.4, -0.2) is 43.8 Å². The summed E-state index contributed by atoms with van der Waals surface area (Å²) in [5.74, 6) is -0.121. The average Bonchev–Trinajstić information content (AvgIpc) is 3.04. The fraction of sp³-hybridized carbons (Fsp3) is 0.200. The molecule has 1 aromatic carbocycles. The molecule has 0 aliphatic heterocycles. The Labute approximate surface area is 153 Å². The highest BCUT2D eigenvalue weighted by Crippen LogP contribution is 2.28. The third kappa shape index (κ3) is 3.65. The maximum absolute atomic E-state index is 12.7. The minimum atomic E-state index is -3.97. The number of methoxy groups -OCH3 is 1. The van der Waals surface area contributed by atoms with Crippen LogP contribution in [0.4, 0.5) is 10.3 Å². The van der Waals surface area contributed by atoms with E-state index in [2.05, 4.69) is 19.7 Å². The number of H-pyrrole nitrogens is 1. The first-order valence-electron chi connectivity index (χ1n) is 7.34. The number of hydrogen-bond donors (Lipinski definition) is 2. The summed E-state index contributed by atoms with van der Waals surface area (Å²) < 4.78 is 49.9. The van der Waals surface area contributed by atoms with E-state index in [-0.39, 0.29) is 29.1 Å². The molecule has 11 heteroatoms. The summed E-state index contributed by atoms with van der Waals surface area (Å²) in [6.45, 7) is -0.884. The predicted molar refractivity (Wildman–Crippen MR) is 94.2 cm³/mol. The Bertz CT molecular complexity index is 1040. The average molecular weight is 401 g/mol. The molecule has 2 aromatic heterocycles. The molecule has 138 valence electrons. The first-order valence-corrected chi connectivity index (χ1v) is 9.20. The van der Waals surface area contributed by atoms with Crippen molar-refractivity contribution in [2.45, 2.75) is 4.90 Å². The Morgan fingerprint density at radius 1 is 1.38 bits per heavy atom. The Morgan fingerprint density at radius 3 is 2.92 bits per heavy atom. The monoisotopic (exact) mass is 400 g/mol. The van der Waals surface area contributed by atoms with Crippen molar-refractivity contribution < 1.29 is 22.3 Å². The van der Waals surface area contributed by atoms with Gasteiger partial charge in [-0.25, -0.2) is 22.5 Å². The lowest BCUT2D eigenvalue weighted by Crippen LogP contribution is -2.15. The number of nitrogens with zero attached hydrogens (tertiary/aromatic N) is 2. The van der Waals surface area contributed by atoms with Crippen LogP contribution >= 0.6 is 11.6 Å². The van der Waals surface area contributed by atoms with E-state index >= 15 is 0 Å². The molecule has 0 bridgehead atoms. The zero-order valence-corrected chi connectivity index (χ0v) is 15.1. The molecule has 3 rings (SSSR count). The molecule has 8 nitrogen and oxygen atoms in total. The van der Waals surface area contributed by atoms with Gasteiger partial charge in [0.25, 0.3) is 15.9 Å². The van der Waals surface area contributed by atoms with Crippen LogP contribution in [0.15, 0.2) is 35.5 Å². The molecule has 0 unspecified atom stereocenters. The van der Waals surface area contributed by atoms with Crippen molar-refractivity contribution in [2.75, 3.05) is 25.1 Å². The van der Waals surface area contributed by atoms with E-state index in [9.17, 15) is 12.8 Å². The number of ether oxygens (including phenoxy) is 2. The molecule has 3 aromatic rings. The lowest BCUT2D eigenvalue weighted by Gasteiger charge is -2.10. The Morgan fingerprint density at radius 2 is 2.19 bits per heavy atom. The zero-order valence-electron chi connectivity index (χ0n) is 13.5. The van der Waals surface area contributed by atoms with Crippen molar-refractivity contribution in [1.82, 2.24) is 15.0 Å². The fourth-order valence-corrected chi connectivity index (χ4v) is 3.57. The molecule has 0 spiro atoms. The van der Waals surface area contributed by atoms with Crippen LogP contribution in [0.25, 0.3) is 10.9 Å². The maximum Gasteiger partial charge on any atom is 0.266 e. The van der Waals surface area contributed by atoms with E-state index in [0.29, 0.717) is 15.9 Å².